The third-order valence-corrected chi connectivity index (χ3v) is 4.78. The molecule has 6 heteroatoms. The molecule has 1 aromatic heterocycles. The fourth-order valence-electron chi connectivity index (χ4n) is 2.70. The van der Waals surface area contributed by atoms with E-state index in [0.29, 0.717) is 16.6 Å². The molecule has 0 unspecified atom stereocenters. The third-order valence-electron chi connectivity index (χ3n) is 3.85. The molecule has 3 rings (SSSR count). The molecule has 1 aliphatic rings. The lowest BCUT2D eigenvalue weighted by Gasteiger charge is -2.07. The number of ether oxygens (including phenoxy) is 2. The summed E-state index contributed by atoms with van der Waals surface area (Å²) in [6.07, 6.45) is 4.26. The Labute approximate surface area is 127 Å². The average Bonchev–Trinajstić information content (AvgIpc) is 3.14. The van der Waals surface area contributed by atoms with Crippen LogP contribution in [-0.2, 0) is 4.79 Å². The largest absolute Gasteiger partial charge is 0.493 e. The van der Waals surface area contributed by atoms with Crippen LogP contribution in [0.5, 0.6) is 11.5 Å². The van der Waals surface area contributed by atoms with E-state index < -0.39 is 0 Å². The number of methoxy groups -OCH3 is 2. The van der Waals surface area contributed by atoms with Crippen LogP contribution in [0, 0.1) is 5.92 Å². The van der Waals surface area contributed by atoms with Crippen LogP contribution in [0.3, 0.4) is 0 Å². The van der Waals surface area contributed by atoms with Crippen molar-refractivity contribution in [1.82, 2.24) is 4.98 Å². The smallest absolute Gasteiger partial charge is 0.229 e. The molecule has 1 N–H and O–H groups in total. The van der Waals surface area contributed by atoms with E-state index in [1.807, 2.05) is 12.1 Å². The summed E-state index contributed by atoms with van der Waals surface area (Å²) in [7, 11) is 3.20. The molecule has 2 aromatic rings. The predicted molar refractivity (Wildman–Crippen MR) is 83.3 cm³/mol. The molecule has 1 fully saturated rings. The van der Waals surface area contributed by atoms with Gasteiger partial charge in [0.15, 0.2) is 16.6 Å². The van der Waals surface area contributed by atoms with Gasteiger partial charge in [0, 0.05) is 18.1 Å². The molecule has 5 nitrogen and oxygen atoms in total. The van der Waals surface area contributed by atoms with Crippen molar-refractivity contribution in [3.8, 4) is 11.5 Å². The van der Waals surface area contributed by atoms with Gasteiger partial charge < -0.3 is 14.8 Å². The van der Waals surface area contributed by atoms with Crippen molar-refractivity contribution < 1.29 is 14.3 Å². The second-order valence-electron chi connectivity index (χ2n) is 5.16. The van der Waals surface area contributed by atoms with Crippen molar-refractivity contribution in [2.75, 3.05) is 19.5 Å². The third kappa shape index (κ3) is 2.81. The molecule has 1 saturated carbocycles. The Bertz CT molecular complexity index is 621. The fraction of sp³-hybridized carbons (Fsp3) is 0.467. The van der Waals surface area contributed by atoms with Crippen LogP contribution in [0.2, 0.25) is 0 Å². The van der Waals surface area contributed by atoms with Crippen LogP contribution in [0.25, 0.3) is 10.2 Å². The maximum atomic E-state index is 12.1. The summed E-state index contributed by atoms with van der Waals surface area (Å²) in [5.41, 5.74) is 0.805. The van der Waals surface area contributed by atoms with E-state index in [1.165, 1.54) is 11.3 Å². The van der Waals surface area contributed by atoms with Gasteiger partial charge in [-0.2, -0.15) is 0 Å². The molecule has 1 heterocycles. The van der Waals surface area contributed by atoms with E-state index in [1.54, 1.807) is 14.2 Å². The topological polar surface area (TPSA) is 60.5 Å². The second-order valence-corrected chi connectivity index (χ2v) is 6.20. The molecule has 1 aromatic carbocycles. The molecule has 0 aliphatic heterocycles. The lowest BCUT2D eigenvalue weighted by atomic mass is 10.1. The number of anilines is 1. The number of hydrogen-bond acceptors (Lipinski definition) is 5. The quantitative estimate of drug-likeness (QED) is 0.940. The van der Waals surface area contributed by atoms with Gasteiger partial charge in [0.25, 0.3) is 0 Å². The molecule has 0 saturated heterocycles. The Hall–Kier alpha value is -1.82. The zero-order valence-electron chi connectivity index (χ0n) is 12.1. The monoisotopic (exact) mass is 306 g/mol. The average molecular weight is 306 g/mol. The molecule has 1 aliphatic carbocycles. The standard InChI is InChI=1S/C15H18N2O3S/c1-19-11-7-10-13(8-12(11)20-2)21-15(16-10)17-14(18)9-5-3-4-6-9/h7-9H,3-6H2,1-2H3,(H,16,17,18). The fourth-order valence-corrected chi connectivity index (χ4v) is 3.58. The molecule has 0 bridgehead atoms. The number of aromatic nitrogens is 1. The van der Waals surface area contributed by atoms with Crippen molar-refractivity contribution in [2.45, 2.75) is 25.7 Å². The van der Waals surface area contributed by atoms with Crippen molar-refractivity contribution in [1.29, 1.82) is 0 Å². The van der Waals surface area contributed by atoms with E-state index in [4.69, 9.17) is 9.47 Å². The van der Waals surface area contributed by atoms with Crippen LogP contribution in [0.1, 0.15) is 25.7 Å². The number of benzene rings is 1. The van der Waals surface area contributed by atoms with E-state index >= 15 is 0 Å². The van der Waals surface area contributed by atoms with Crippen molar-refractivity contribution in [3.63, 3.8) is 0 Å². The van der Waals surface area contributed by atoms with Gasteiger partial charge in [-0.1, -0.05) is 24.2 Å². The number of thiazole rings is 1. The van der Waals surface area contributed by atoms with Gasteiger partial charge in [0.2, 0.25) is 5.91 Å². The first-order valence-electron chi connectivity index (χ1n) is 7.04. The van der Waals surface area contributed by atoms with Crippen molar-refractivity contribution in [3.05, 3.63) is 12.1 Å². The van der Waals surface area contributed by atoms with E-state index in [-0.39, 0.29) is 11.8 Å². The highest BCUT2D eigenvalue weighted by molar-refractivity contribution is 7.22. The lowest BCUT2D eigenvalue weighted by molar-refractivity contribution is -0.119. The number of carbonyl (C=O) groups is 1. The highest BCUT2D eigenvalue weighted by Crippen LogP contribution is 2.36. The Kier molecular flexibility index (Phi) is 3.96. The number of carbonyl (C=O) groups excluding carboxylic acids is 1. The van der Waals surface area contributed by atoms with Gasteiger partial charge in [0.1, 0.15) is 0 Å². The van der Waals surface area contributed by atoms with E-state index in [9.17, 15) is 4.79 Å². The highest BCUT2D eigenvalue weighted by Gasteiger charge is 2.23. The summed E-state index contributed by atoms with van der Waals surface area (Å²) >= 11 is 1.45. The predicted octanol–water partition coefficient (Wildman–Crippen LogP) is 3.44. The van der Waals surface area contributed by atoms with Gasteiger partial charge in [-0.3, -0.25) is 4.79 Å². The number of rotatable bonds is 4. The number of nitrogens with zero attached hydrogens (tertiary/aromatic N) is 1. The molecule has 0 radical (unpaired) electrons. The van der Waals surface area contributed by atoms with E-state index in [0.717, 1.165) is 35.9 Å². The van der Waals surface area contributed by atoms with Crippen LogP contribution in [0.15, 0.2) is 12.1 Å². The van der Waals surface area contributed by atoms with Gasteiger partial charge >= 0.3 is 0 Å². The summed E-state index contributed by atoms with van der Waals surface area (Å²) in [6, 6.07) is 3.72. The summed E-state index contributed by atoms with van der Waals surface area (Å²) in [5.74, 6) is 1.54. The van der Waals surface area contributed by atoms with Crippen LogP contribution in [0.4, 0.5) is 5.13 Å². The second kappa shape index (κ2) is 5.89. The molecule has 112 valence electrons. The van der Waals surface area contributed by atoms with Gasteiger partial charge in [-0.25, -0.2) is 4.98 Å². The lowest BCUT2D eigenvalue weighted by Crippen LogP contribution is -2.19. The number of hydrogen-bond donors (Lipinski definition) is 1. The molecular weight excluding hydrogens is 288 g/mol. The van der Waals surface area contributed by atoms with Gasteiger partial charge in [-0.15, -0.1) is 0 Å². The minimum Gasteiger partial charge on any atom is -0.493 e. The van der Waals surface area contributed by atoms with E-state index in [2.05, 4.69) is 10.3 Å². The zero-order valence-corrected chi connectivity index (χ0v) is 13.0. The molecule has 0 atom stereocenters. The summed E-state index contributed by atoms with van der Waals surface area (Å²) in [6.45, 7) is 0. The number of amides is 1. The number of fused-ring (bicyclic) bond motifs is 1. The zero-order chi connectivity index (χ0) is 14.8. The van der Waals surface area contributed by atoms with Crippen molar-refractivity contribution in [2.24, 2.45) is 5.92 Å². The maximum absolute atomic E-state index is 12.1. The molecule has 0 spiro atoms. The minimum atomic E-state index is 0.0884. The van der Waals surface area contributed by atoms with Gasteiger partial charge in [-0.05, 0) is 12.8 Å². The number of nitrogens with one attached hydrogen (secondary N) is 1. The Morgan fingerprint density at radius 2 is 1.90 bits per heavy atom. The molecule has 21 heavy (non-hydrogen) atoms. The van der Waals surface area contributed by atoms with Crippen LogP contribution in [-0.4, -0.2) is 25.1 Å². The Morgan fingerprint density at radius 3 is 2.57 bits per heavy atom. The van der Waals surface area contributed by atoms with Crippen LogP contribution < -0.4 is 14.8 Å². The molecule has 1 amide bonds. The minimum absolute atomic E-state index is 0.0884. The Morgan fingerprint density at radius 1 is 1.24 bits per heavy atom. The normalized spacial score (nSPS) is 15.3. The van der Waals surface area contributed by atoms with Gasteiger partial charge in [0.05, 0.1) is 24.4 Å². The summed E-state index contributed by atoms with van der Waals surface area (Å²) < 4.78 is 11.5. The Balaban J connectivity index is 1.85. The maximum Gasteiger partial charge on any atom is 0.229 e. The first kappa shape index (κ1) is 14.1. The SMILES string of the molecule is COc1cc2nc(NC(=O)C3CCCC3)sc2cc1OC. The molecular formula is C15H18N2O3S. The van der Waals surface area contributed by atoms with Crippen molar-refractivity contribution >= 4 is 32.6 Å². The summed E-state index contributed by atoms with van der Waals surface area (Å²) in [5, 5.41) is 3.57. The summed E-state index contributed by atoms with van der Waals surface area (Å²) in [4.78, 5) is 16.6. The first-order chi connectivity index (χ1) is 10.2. The first-order valence-corrected chi connectivity index (χ1v) is 7.86. The highest BCUT2D eigenvalue weighted by atomic mass is 32.1. The van der Waals surface area contributed by atoms with Crippen LogP contribution >= 0.6 is 11.3 Å².